The molecule has 3 fully saturated rings. The second-order valence-corrected chi connectivity index (χ2v) is 7.78. The summed E-state index contributed by atoms with van der Waals surface area (Å²) in [5.74, 6) is 6.52. The quantitative estimate of drug-likeness (QED) is 0.514. The van der Waals surface area contributed by atoms with Crippen molar-refractivity contribution >= 4 is 0 Å². The van der Waals surface area contributed by atoms with Crippen molar-refractivity contribution in [1.29, 1.82) is 0 Å². The molecule has 0 radical (unpaired) electrons. The molecule has 0 aromatic carbocycles. The fraction of sp³-hybridized carbons (Fsp3) is 0.889. The summed E-state index contributed by atoms with van der Waals surface area (Å²) in [5, 5.41) is 0. The van der Waals surface area contributed by atoms with E-state index in [-0.39, 0.29) is 0 Å². The molecule has 0 heterocycles. The topological polar surface area (TPSA) is 0 Å². The summed E-state index contributed by atoms with van der Waals surface area (Å²) < 4.78 is 0. The molecule has 4 aliphatic carbocycles. The van der Waals surface area contributed by atoms with Gasteiger partial charge in [-0.05, 0) is 87.4 Å². The Balaban J connectivity index is 1.61. The zero-order chi connectivity index (χ0) is 12.3. The summed E-state index contributed by atoms with van der Waals surface area (Å²) in [4.78, 5) is 0. The van der Waals surface area contributed by atoms with E-state index < -0.39 is 0 Å². The molecular weight excluding hydrogens is 216 g/mol. The molecule has 0 aliphatic heterocycles. The van der Waals surface area contributed by atoms with Crippen LogP contribution in [0.4, 0.5) is 0 Å². The van der Waals surface area contributed by atoms with E-state index in [9.17, 15) is 0 Å². The zero-order valence-electron chi connectivity index (χ0n) is 12.1. The van der Waals surface area contributed by atoms with E-state index in [0.29, 0.717) is 0 Å². The van der Waals surface area contributed by atoms with Crippen LogP contribution < -0.4 is 0 Å². The van der Waals surface area contributed by atoms with Crippen molar-refractivity contribution in [3.05, 3.63) is 11.1 Å². The van der Waals surface area contributed by atoms with Gasteiger partial charge in [0.1, 0.15) is 0 Å². The van der Waals surface area contributed by atoms with Crippen molar-refractivity contribution in [3.8, 4) is 0 Å². The first-order valence-corrected chi connectivity index (χ1v) is 8.44. The van der Waals surface area contributed by atoms with E-state index >= 15 is 0 Å². The highest BCUT2D eigenvalue weighted by Crippen LogP contribution is 2.59. The number of hydrogen-bond acceptors (Lipinski definition) is 0. The predicted molar refractivity (Wildman–Crippen MR) is 76.3 cm³/mol. The van der Waals surface area contributed by atoms with Gasteiger partial charge in [-0.25, -0.2) is 0 Å². The van der Waals surface area contributed by atoms with E-state index in [1.807, 2.05) is 5.57 Å². The maximum Gasteiger partial charge on any atom is -0.0166 e. The molecule has 0 amide bonds. The van der Waals surface area contributed by atoms with Crippen molar-refractivity contribution in [2.24, 2.45) is 35.5 Å². The average molecular weight is 244 g/mol. The Morgan fingerprint density at radius 3 is 2.33 bits per heavy atom. The molecule has 0 aromatic heterocycles. The van der Waals surface area contributed by atoms with Crippen molar-refractivity contribution < 1.29 is 0 Å². The zero-order valence-corrected chi connectivity index (χ0v) is 12.1. The Labute approximate surface area is 112 Å². The van der Waals surface area contributed by atoms with Gasteiger partial charge in [0.25, 0.3) is 0 Å². The van der Waals surface area contributed by atoms with Crippen LogP contribution in [0.2, 0.25) is 0 Å². The number of allylic oxidation sites excluding steroid dienone is 2. The first kappa shape index (κ1) is 11.6. The SMILES string of the molecule is CC1=C2CCC3C(CCC4C(C)CCC43)C2CC1. The second-order valence-electron chi connectivity index (χ2n) is 7.78. The van der Waals surface area contributed by atoms with Crippen LogP contribution in [0.3, 0.4) is 0 Å². The summed E-state index contributed by atoms with van der Waals surface area (Å²) in [6, 6.07) is 0. The van der Waals surface area contributed by atoms with Crippen molar-refractivity contribution in [3.63, 3.8) is 0 Å². The van der Waals surface area contributed by atoms with Gasteiger partial charge in [-0.1, -0.05) is 24.5 Å². The van der Waals surface area contributed by atoms with Crippen LogP contribution in [-0.4, -0.2) is 0 Å². The van der Waals surface area contributed by atoms with E-state index in [1.165, 1.54) is 25.7 Å². The first-order chi connectivity index (χ1) is 8.75. The van der Waals surface area contributed by atoms with Gasteiger partial charge in [-0.15, -0.1) is 0 Å². The van der Waals surface area contributed by atoms with Gasteiger partial charge in [0.2, 0.25) is 0 Å². The molecule has 0 N–H and O–H groups in total. The molecule has 100 valence electrons. The van der Waals surface area contributed by atoms with Gasteiger partial charge in [-0.2, -0.15) is 0 Å². The minimum Gasteiger partial charge on any atom is -0.0738 e. The Kier molecular flexibility index (Phi) is 2.64. The lowest BCUT2D eigenvalue weighted by Gasteiger charge is -2.48. The van der Waals surface area contributed by atoms with Crippen LogP contribution >= 0.6 is 0 Å². The summed E-state index contributed by atoms with van der Waals surface area (Å²) >= 11 is 0. The predicted octanol–water partition coefficient (Wildman–Crippen LogP) is 5.20. The number of hydrogen-bond donors (Lipinski definition) is 0. The summed E-state index contributed by atoms with van der Waals surface area (Å²) in [7, 11) is 0. The van der Waals surface area contributed by atoms with Crippen LogP contribution in [0.1, 0.15) is 65.2 Å². The third kappa shape index (κ3) is 1.50. The molecule has 3 saturated carbocycles. The highest BCUT2D eigenvalue weighted by atomic mass is 14.5. The normalized spacial score (nSPS) is 51.0. The Morgan fingerprint density at radius 1 is 0.722 bits per heavy atom. The fourth-order valence-corrected chi connectivity index (χ4v) is 6.40. The molecule has 4 aliphatic rings. The third-order valence-electron chi connectivity index (χ3n) is 7.26. The van der Waals surface area contributed by atoms with Crippen molar-refractivity contribution in [2.45, 2.75) is 65.2 Å². The fourth-order valence-electron chi connectivity index (χ4n) is 6.40. The molecule has 6 atom stereocenters. The largest absolute Gasteiger partial charge is 0.0738 e. The molecule has 4 rings (SSSR count). The van der Waals surface area contributed by atoms with Crippen molar-refractivity contribution in [1.82, 2.24) is 0 Å². The minimum absolute atomic E-state index is 1.03. The molecule has 6 unspecified atom stereocenters. The molecule has 0 bridgehead atoms. The third-order valence-corrected chi connectivity index (χ3v) is 7.26. The Bertz CT molecular complexity index is 377. The van der Waals surface area contributed by atoms with Gasteiger partial charge in [-0.3, -0.25) is 0 Å². The molecular formula is C18H28. The maximum absolute atomic E-state index is 2.53. The second kappa shape index (κ2) is 4.12. The van der Waals surface area contributed by atoms with Crippen LogP contribution in [-0.2, 0) is 0 Å². The Morgan fingerprint density at radius 2 is 1.44 bits per heavy atom. The summed E-state index contributed by atoms with van der Waals surface area (Å²) in [6.07, 6.45) is 12.2. The van der Waals surface area contributed by atoms with E-state index in [4.69, 9.17) is 0 Å². The molecule has 0 aromatic rings. The lowest BCUT2D eigenvalue weighted by molar-refractivity contribution is 0.0456. The average Bonchev–Trinajstić information content (AvgIpc) is 2.94. The molecule has 0 heteroatoms. The highest BCUT2D eigenvalue weighted by molar-refractivity contribution is 5.25. The van der Waals surface area contributed by atoms with E-state index in [1.54, 1.807) is 31.3 Å². The number of rotatable bonds is 0. The summed E-state index contributed by atoms with van der Waals surface area (Å²) in [5.41, 5.74) is 3.70. The van der Waals surface area contributed by atoms with E-state index in [0.717, 1.165) is 35.5 Å². The van der Waals surface area contributed by atoms with Gasteiger partial charge in [0.05, 0.1) is 0 Å². The van der Waals surface area contributed by atoms with Crippen molar-refractivity contribution in [2.75, 3.05) is 0 Å². The molecule has 18 heavy (non-hydrogen) atoms. The van der Waals surface area contributed by atoms with Gasteiger partial charge in [0, 0.05) is 0 Å². The maximum atomic E-state index is 2.53. The van der Waals surface area contributed by atoms with Gasteiger partial charge >= 0.3 is 0 Å². The smallest absolute Gasteiger partial charge is 0.0166 e. The molecule has 0 saturated heterocycles. The van der Waals surface area contributed by atoms with E-state index in [2.05, 4.69) is 13.8 Å². The minimum atomic E-state index is 1.03. The summed E-state index contributed by atoms with van der Waals surface area (Å²) in [6.45, 7) is 4.94. The number of fused-ring (bicyclic) bond motifs is 5. The first-order valence-electron chi connectivity index (χ1n) is 8.44. The van der Waals surface area contributed by atoms with Crippen LogP contribution in [0.25, 0.3) is 0 Å². The van der Waals surface area contributed by atoms with Gasteiger partial charge < -0.3 is 0 Å². The van der Waals surface area contributed by atoms with Gasteiger partial charge in [0.15, 0.2) is 0 Å². The monoisotopic (exact) mass is 244 g/mol. The lowest BCUT2D eigenvalue weighted by Crippen LogP contribution is -2.39. The highest BCUT2D eigenvalue weighted by Gasteiger charge is 2.49. The van der Waals surface area contributed by atoms with Crippen LogP contribution in [0.15, 0.2) is 11.1 Å². The molecule has 0 spiro atoms. The lowest BCUT2D eigenvalue weighted by atomic mass is 9.57. The standard InChI is InChI=1S/C18H28/c1-11-3-5-15-13(11)7-9-18-16-6-4-12(2)14(16)8-10-17(15)18/h11,13,15-18H,3-10H2,1-2H3. The Hall–Kier alpha value is -0.260. The van der Waals surface area contributed by atoms with Crippen LogP contribution in [0, 0.1) is 35.5 Å². The van der Waals surface area contributed by atoms with Crippen LogP contribution in [0.5, 0.6) is 0 Å². The molecule has 0 nitrogen and oxygen atoms in total.